The molecular formula is C20H31NO. The Labute approximate surface area is 135 Å². The molecule has 2 aliphatic rings. The Bertz CT molecular complexity index is 514. The molecular weight excluding hydrogens is 270 g/mol. The van der Waals surface area contributed by atoms with E-state index in [1.165, 1.54) is 36.8 Å². The molecule has 3 rings (SSSR count). The molecule has 122 valence electrons. The summed E-state index contributed by atoms with van der Waals surface area (Å²) in [5.74, 6) is 2.37. The number of benzene rings is 1. The molecule has 0 radical (unpaired) electrons. The van der Waals surface area contributed by atoms with Gasteiger partial charge in [-0.1, -0.05) is 39.8 Å². The summed E-state index contributed by atoms with van der Waals surface area (Å²) in [6, 6.07) is 7.29. The summed E-state index contributed by atoms with van der Waals surface area (Å²) in [6.45, 7) is 10.2. The molecule has 22 heavy (non-hydrogen) atoms. The van der Waals surface area contributed by atoms with Crippen molar-refractivity contribution in [2.75, 3.05) is 6.54 Å². The normalized spacial score (nSPS) is 23.1. The minimum absolute atomic E-state index is 0.0982. The number of ether oxygens (including phenoxy) is 1. The smallest absolute Gasteiger partial charge is 0.124 e. The molecule has 2 heteroatoms. The first kappa shape index (κ1) is 15.9. The lowest BCUT2D eigenvalue weighted by Crippen LogP contribution is -2.42. The third-order valence-electron chi connectivity index (χ3n) is 5.27. The lowest BCUT2D eigenvalue weighted by atomic mass is 9.84. The maximum Gasteiger partial charge on any atom is 0.124 e. The third kappa shape index (κ3) is 3.17. The molecule has 1 saturated carbocycles. The van der Waals surface area contributed by atoms with E-state index in [1.807, 2.05) is 0 Å². The number of rotatable bonds is 4. The minimum Gasteiger partial charge on any atom is -0.487 e. The summed E-state index contributed by atoms with van der Waals surface area (Å²) in [5.41, 5.74) is 2.89. The zero-order valence-electron chi connectivity index (χ0n) is 14.6. The van der Waals surface area contributed by atoms with E-state index in [0.29, 0.717) is 17.9 Å². The molecule has 1 aliphatic carbocycles. The predicted molar refractivity (Wildman–Crippen MR) is 92.6 cm³/mol. The molecule has 1 spiro atoms. The lowest BCUT2D eigenvalue weighted by Gasteiger charge is -2.41. The van der Waals surface area contributed by atoms with E-state index in [0.717, 1.165) is 18.7 Å². The average Bonchev–Trinajstić information content (AvgIpc) is 2.91. The third-order valence-corrected chi connectivity index (χ3v) is 5.27. The largest absolute Gasteiger partial charge is 0.487 e. The lowest BCUT2D eigenvalue weighted by molar-refractivity contribution is 0.0362. The summed E-state index contributed by atoms with van der Waals surface area (Å²) in [5, 5.41) is 3.81. The molecule has 1 aromatic rings. The molecule has 0 saturated heterocycles. The van der Waals surface area contributed by atoms with Crippen LogP contribution in [0.25, 0.3) is 0 Å². The van der Waals surface area contributed by atoms with Crippen molar-refractivity contribution in [1.29, 1.82) is 0 Å². The first-order valence-corrected chi connectivity index (χ1v) is 9.05. The summed E-state index contributed by atoms with van der Waals surface area (Å²) in [6.07, 6.45) is 6.21. The van der Waals surface area contributed by atoms with Crippen molar-refractivity contribution >= 4 is 0 Å². The summed E-state index contributed by atoms with van der Waals surface area (Å²) in [7, 11) is 0. The quantitative estimate of drug-likeness (QED) is 0.826. The van der Waals surface area contributed by atoms with E-state index in [1.54, 1.807) is 0 Å². The van der Waals surface area contributed by atoms with Crippen molar-refractivity contribution in [3.8, 4) is 5.75 Å². The van der Waals surface area contributed by atoms with Crippen LogP contribution in [0.2, 0.25) is 0 Å². The summed E-state index contributed by atoms with van der Waals surface area (Å²) in [4.78, 5) is 0. The Morgan fingerprint density at radius 3 is 2.55 bits per heavy atom. The Balaban J connectivity index is 1.91. The number of hydrogen-bond acceptors (Lipinski definition) is 2. The highest BCUT2D eigenvalue weighted by Gasteiger charge is 2.43. The van der Waals surface area contributed by atoms with Crippen molar-refractivity contribution in [3.05, 3.63) is 29.3 Å². The Kier molecular flexibility index (Phi) is 4.49. The van der Waals surface area contributed by atoms with Crippen LogP contribution in [0.15, 0.2) is 18.2 Å². The molecule has 1 heterocycles. The SMILES string of the molecule is CC(C)CNC1CC2(CCCC2)Oc2ccc(C(C)C)cc21. The molecule has 1 atom stereocenters. The van der Waals surface area contributed by atoms with Crippen LogP contribution < -0.4 is 10.1 Å². The minimum atomic E-state index is 0.0982. The van der Waals surface area contributed by atoms with Gasteiger partial charge >= 0.3 is 0 Å². The van der Waals surface area contributed by atoms with E-state index in [2.05, 4.69) is 51.2 Å². The summed E-state index contributed by atoms with van der Waals surface area (Å²) < 4.78 is 6.51. The molecule has 1 N–H and O–H groups in total. The van der Waals surface area contributed by atoms with Gasteiger partial charge in [-0.2, -0.15) is 0 Å². The zero-order valence-corrected chi connectivity index (χ0v) is 14.6. The van der Waals surface area contributed by atoms with Gasteiger partial charge in [-0.05, 0) is 55.7 Å². The monoisotopic (exact) mass is 301 g/mol. The maximum atomic E-state index is 6.51. The van der Waals surface area contributed by atoms with Gasteiger partial charge in [-0.25, -0.2) is 0 Å². The van der Waals surface area contributed by atoms with Gasteiger partial charge in [0.25, 0.3) is 0 Å². The van der Waals surface area contributed by atoms with Gasteiger partial charge in [0.05, 0.1) is 0 Å². The van der Waals surface area contributed by atoms with E-state index >= 15 is 0 Å². The van der Waals surface area contributed by atoms with Crippen molar-refractivity contribution in [2.45, 2.75) is 77.4 Å². The number of fused-ring (bicyclic) bond motifs is 1. The Hall–Kier alpha value is -1.02. The predicted octanol–water partition coefficient (Wildman–Crippen LogP) is 5.19. The van der Waals surface area contributed by atoms with Crippen molar-refractivity contribution in [3.63, 3.8) is 0 Å². The first-order chi connectivity index (χ1) is 10.5. The molecule has 1 aromatic carbocycles. The van der Waals surface area contributed by atoms with Gasteiger partial charge in [-0.15, -0.1) is 0 Å². The highest BCUT2D eigenvalue weighted by molar-refractivity contribution is 5.43. The number of nitrogens with one attached hydrogen (secondary N) is 1. The van der Waals surface area contributed by atoms with Crippen LogP contribution in [0.4, 0.5) is 0 Å². The second kappa shape index (κ2) is 6.23. The van der Waals surface area contributed by atoms with Crippen LogP contribution in [0.1, 0.15) is 82.9 Å². The average molecular weight is 301 g/mol. The van der Waals surface area contributed by atoms with Gasteiger partial charge < -0.3 is 10.1 Å². The molecule has 1 aliphatic heterocycles. The van der Waals surface area contributed by atoms with Gasteiger partial charge in [0.15, 0.2) is 0 Å². The molecule has 0 aromatic heterocycles. The van der Waals surface area contributed by atoms with E-state index in [9.17, 15) is 0 Å². The highest BCUT2D eigenvalue weighted by atomic mass is 16.5. The van der Waals surface area contributed by atoms with Crippen LogP contribution in [0.3, 0.4) is 0 Å². The van der Waals surface area contributed by atoms with Crippen molar-refractivity contribution in [1.82, 2.24) is 5.32 Å². The Morgan fingerprint density at radius 2 is 1.91 bits per heavy atom. The highest BCUT2D eigenvalue weighted by Crippen LogP contribution is 2.47. The van der Waals surface area contributed by atoms with Crippen molar-refractivity contribution in [2.24, 2.45) is 5.92 Å². The van der Waals surface area contributed by atoms with Gasteiger partial charge in [0.1, 0.15) is 11.4 Å². The van der Waals surface area contributed by atoms with Gasteiger partial charge in [0.2, 0.25) is 0 Å². The molecule has 0 bridgehead atoms. The van der Waals surface area contributed by atoms with Crippen LogP contribution in [0.5, 0.6) is 5.75 Å². The van der Waals surface area contributed by atoms with Gasteiger partial charge in [-0.3, -0.25) is 0 Å². The van der Waals surface area contributed by atoms with E-state index in [-0.39, 0.29) is 5.60 Å². The molecule has 0 amide bonds. The molecule has 1 fully saturated rings. The molecule has 2 nitrogen and oxygen atoms in total. The second-order valence-corrected chi connectivity index (χ2v) is 8.00. The van der Waals surface area contributed by atoms with Crippen LogP contribution in [-0.4, -0.2) is 12.1 Å². The van der Waals surface area contributed by atoms with Crippen LogP contribution in [-0.2, 0) is 0 Å². The van der Waals surface area contributed by atoms with E-state index in [4.69, 9.17) is 4.74 Å². The Morgan fingerprint density at radius 1 is 1.18 bits per heavy atom. The fraction of sp³-hybridized carbons (Fsp3) is 0.700. The zero-order chi connectivity index (χ0) is 15.7. The van der Waals surface area contributed by atoms with Gasteiger partial charge in [0, 0.05) is 18.0 Å². The maximum absolute atomic E-state index is 6.51. The van der Waals surface area contributed by atoms with Crippen LogP contribution in [0, 0.1) is 5.92 Å². The first-order valence-electron chi connectivity index (χ1n) is 9.05. The van der Waals surface area contributed by atoms with E-state index < -0.39 is 0 Å². The number of hydrogen-bond donors (Lipinski definition) is 1. The molecule has 1 unspecified atom stereocenters. The summed E-state index contributed by atoms with van der Waals surface area (Å²) >= 11 is 0. The van der Waals surface area contributed by atoms with Crippen molar-refractivity contribution < 1.29 is 4.74 Å². The fourth-order valence-electron chi connectivity index (χ4n) is 3.93. The standard InChI is InChI=1S/C20H31NO/c1-14(2)13-21-18-12-20(9-5-6-10-20)22-19-8-7-16(15(3)4)11-17(18)19/h7-8,11,14-15,18,21H,5-6,9-10,12-13H2,1-4H3. The van der Waals surface area contributed by atoms with Crippen LogP contribution >= 0.6 is 0 Å². The topological polar surface area (TPSA) is 21.3 Å². The fourth-order valence-corrected chi connectivity index (χ4v) is 3.93. The second-order valence-electron chi connectivity index (χ2n) is 8.00.